The van der Waals surface area contributed by atoms with Crippen molar-refractivity contribution in [2.24, 2.45) is 5.41 Å². The van der Waals surface area contributed by atoms with Crippen molar-refractivity contribution in [3.05, 3.63) is 17.5 Å². The van der Waals surface area contributed by atoms with E-state index >= 15 is 0 Å². The van der Waals surface area contributed by atoms with Crippen LogP contribution in [0.5, 0.6) is 0 Å². The molecule has 3 aliphatic heterocycles. The van der Waals surface area contributed by atoms with E-state index in [-0.39, 0.29) is 30.0 Å². The van der Waals surface area contributed by atoms with Crippen LogP contribution < -0.4 is 0 Å². The fourth-order valence-electron chi connectivity index (χ4n) is 5.44. The molecule has 1 aromatic heterocycles. The second-order valence-electron chi connectivity index (χ2n) is 10.8. The lowest BCUT2D eigenvalue weighted by Crippen LogP contribution is -2.43. The second kappa shape index (κ2) is 7.82. The summed E-state index contributed by atoms with van der Waals surface area (Å²) >= 11 is 0. The highest BCUT2D eigenvalue weighted by Gasteiger charge is 2.64. The van der Waals surface area contributed by atoms with Gasteiger partial charge >= 0.3 is 22.5 Å². The highest BCUT2D eigenvalue weighted by molar-refractivity contribution is 7.80. The van der Waals surface area contributed by atoms with Crippen LogP contribution in [0.25, 0.3) is 0 Å². The van der Waals surface area contributed by atoms with Gasteiger partial charge in [0.1, 0.15) is 17.1 Å². The number of ether oxygens (including phenoxy) is 1. The van der Waals surface area contributed by atoms with Gasteiger partial charge in [0.25, 0.3) is 0 Å². The van der Waals surface area contributed by atoms with Gasteiger partial charge in [-0.15, -0.1) is 4.28 Å². The monoisotopic (exact) mass is 498 g/mol. The largest absolute Gasteiger partial charge is 0.444 e. The molecule has 34 heavy (non-hydrogen) atoms. The number of nitrogens with zero attached hydrogens (tertiary/aromatic N) is 4. The second-order valence-corrected chi connectivity index (χ2v) is 11.8. The Morgan fingerprint density at radius 1 is 1.29 bits per heavy atom. The summed E-state index contributed by atoms with van der Waals surface area (Å²) in [6, 6.07) is 0.397. The van der Waals surface area contributed by atoms with E-state index in [4.69, 9.17) is 13.8 Å². The Balaban J connectivity index is 1.32. The first-order valence-electron chi connectivity index (χ1n) is 11.6. The molecular formula is C21H30N4O8S. The number of hydroxylamine groups is 2. The molecule has 1 N–H and O–H groups in total. The first-order valence-corrected chi connectivity index (χ1v) is 12.9. The third-order valence-corrected chi connectivity index (χ3v) is 7.55. The van der Waals surface area contributed by atoms with Crippen LogP contribution in [-0.2, 0) is 19.4 Å². The average molecular weight is 499 g/mol. The number of aromatic nitrogens is 1. The van der Waals surface area contributed by atoms with E-state index in [0.29, 0.717) is 31.0 Å². The van der Waals surface area contributed by atoms with Crippen LogP contribution in [0.15, 0.2) is 10.6 Å². The molecule has 188 valence electrons. The van der Waals surface area contributed by atoms with E-state index in [1.54, 1.807) is 4.90 Å². The maximum absolute atomic E-state index is 12.9. The Morgan fingerprint density at radius 2 is 2.03 bits per heavy atom. The van der Waals surface area contributed by atoms with Crippen molar-refractivity contribution in [2.75, 3.05) is 19.6 Å². The number of rotatable bonds is 4. The van der Waals surface area contributed by atoms with Gasteiger partial charge in [-0.3, -0.25) is 4.55 Å². The zero-order chi connectivity index (χ0) is 24.5. The van der Waals surface area contributed by atoms with Crippen molar-refractivity contribution in [1.82, 2.24) is 20.0 Å². The van der Waals surface area contributed by atoms with Crippen molar-refractivity contribution in [1.29, 1.82) is 0 Å². The number of hydrogen-bond acceptors (Lipinski definition) is 8. The average Bonchev–Trinajstić information content (AvgIpc) is 3.22. The van der Waals surface area contributed by atoms with Crippen LogP contribution in [0, 0.1) is 5.41 Å². The Labute approximate surface area is 198 Å². The van der Waals surface area contributed by atoms with Gasteiger partial charge in [-0.05, 0) is 58.3 Å². The number of amides is 3. The fourth-order valence-corrected chi connectivity index (χ4v) is 5.81. The smallest absolute Gasteiger partial charge is 0.418 e. The van der Waals surface area contributed by atoms with Crippen molar-refractivity contribution in [2.45, 2.75) is 76.5 Å². The number of likely N-dealkylation sites (tertiary alicyclic amines) is 1. The Bertz CT molecular complexity index is 1090. The first kappa shape index (κ1) is 23.4. The van der Waals surface area contributed by atoms with E-state index in [1.807, 2.05) is 26.8 Å². The lowest BCUT2D eigenvalue weighted by Gasteiger charge is -2.35. The van der Waals surface area contributed by atoms with E-state index in [1.165, 1.54) is 4.90 Å². The van der Waals surface area contributed by atoms with Crippen molar-refractivity contribution < 1.29 is 36.1 Å². The van der Waals surface area contributed by atoms with E-state index in [0.717, 1.165) is 30.7 Å². The maximum atomic E-state index is 12.9. The maximum Gasteiger partial charge on any atom is 0.418 e. The summed E-state index contributed by atoms with van der Waals surface area (Å²) in [5.41, 5.74) is -0.248. The molecule has 4 aliphatic rings. The SMILES string of the molecule is CC(C)(C)OC(=O)N1CCCC(c2cc([C@@H]3CC4(CC4)[C@@H]4CN3C(=O)N4OS(=O)(=O)O)no2)C1. The third kappa shape index (κ3) is 4.36. The topological polar surface area (TPSA) is 143 Å². The summed E-state index contributed by atoms with van der Waals surface area (Å²) in [4.78, 5) is 28.7. The molecule has 1 spiro atoms. The molecule has 12 nitrogen and oxygen atoms in total. The minimum atomic E-state index is -4.82. The summed E-state index contributed by atoms with van der Waals surface area (Å²) in [5, 5.41) is 5.05. The van der Waals surface area contributed by atoms with Gasteiger partial charge in [-0.25, -0.2) is 9.59 Å². The molecule has 4 heterocycles. The van der Waals surface area contributed by atoms with Gasteiger partial charge in [0, 0.05) is 31.6 Å². The van der Waals surface area contributed by atoms with E-state index in [9.17, 15) is 18.0 Å². The number of carbonyl (C=O) groups excluding carboxylic acids is 2. The minimum absolute atomic E-state index is 0.0395. The van der Waals surface area contributed by atoms with Gasteiger partial charge in [0.2, 0.25) is 0 Å². The zero-order valence-electron chi connectivity index (χ0n) is 19.5. The number of carbonyl (C=O) groups is 2. The molecule has 5 rings (SSSR count). The lowest BCUT2D eigenvalue weighted by molar-refractivity contribution is -0.0527. The quantitative estimate of drug-likeness (QED) is 0.620. The summed E-state index contributed by atoms with van der Waals surface area (Å²) in [7, 11) is -4.82. The molecule has 0 radical (unpaired) electrons. The van der Waals surface area contributed by atoms with Gasteiger partial charge < -0.3 is 19.1 Å². The van der Waals surface area contributed by atoms with E-state index in [2.05, 4.69) is 9.44 Å². The van der Waals surface area contributed by atoms with Crippen LogP contribution >= 0.6 is 0 Å². The molecule has 2 bridgehead atoms. The molecule has 1 aromatic rings. The molecular weight excluding hydrogens is 468 g/mol. The molecule has 3 saturated heterocycles. The normalized spacial score (nSPS) is 28.5. The molecule has 1 saturated carbocycles. The zero-order valence-corrected chi connectivity index (χ0v) is 20.3. The van der Waals surface area contributed by atoms with Crippen LogP contribution in [0.4, 0.5) is 9.59 Å². The number of piperidine rings is 2. The number of hydrogen-bond donors (Lipinski definition) is 1. The summed E-state index contributed by atoms with van der Waals surface area (Å²) in [6.07, 6.45) is 3.56. The van der Waals surface area contributed by atoms with Crippen molar-refractivity contribution in [3.8, 4) is 0 Å². The van der Waals surface area contributed by atoms with Gasteiger partial charge in [0.15, 0.2) is 0 Å². The Morgan fingerprint density at radius 3 is 2.68 bits per heavy atom. The molecule has 0 aromatic carbocycles. The van der Waals surface area contributed by atoms with Crippen LogP contribution in [0.3, 0.4) is 0 Å². The highest BCUT2D eigenvalue weighted by atomic mass is 32.3. The Kier molecular flexibility index (Phi) is 5.37. The number of urea groups is 1. The fraction of sp³-hybridized carbons (Fsp3) is 0.762. The minimum Gasteiger partial charge on any atom is -0.444 e. The molecule has 13 heteroatoms. The molecule has 1 aliphatic carbocycles. The highest BCUT2D eigenvalue weighted by Crippen LogP contribution is 2.62. The van der Waals surface area contributed by atoms with Crippen LogP contribution in [0.1, 0.15) is 76.3 Å². The summed E-state index contributed by atoms with van der Waals surface area (Å²) in [5.74, 6) is 0.607. The van der Waals surface area contributed by atoms with Gasteiger partial charge in [-0.2, -0.15) is 13.5 Å². The van der Waals surface area contributed by atoms with Gasteiger partial charge in [-0.1, -0.05) is 5.16 Å². The standard InChI is InChI=1S/C21H30N4O8S/c1-20(2,3)31-19(27)23-8-4-5-13(11-23)16-9-14(22-32-16)15-10-21(6-7-21)17-12-24(15)18(26)25(17)33-34(28,29)30/h9,13,15,17H,4-8,10-12H2,1-3H3,(H,28,29,30)/t13?,15-,17-/m0/s1. The first-order chi connectivity index (χ1) is 15.9. The molecule has 4 fully saturated rings. The van der Waals surface area contributed by atoms with Crippen molar-refractivity contribution >= 4 is 22.5 Å². The summed E-state index contributed by atoms with van der Waals surface area (Å²) < 4.78 is 47.5. The van der Waals surface area contributed by atoms with Crippen LogP contribution in [-0.4, -0.2) is 76.4 Å². The molecule has 3 amide bonds. The molecule has 1 unspecified atom stereocenters. The van der Waals surface area contributed by atoms with E-state index < -0.39 is 28.1 Å². The van der Waals surface area contributed by atoms with Crippen molar-refractivity contribution in [3.63, 3.8) is 0 Å². The van der Waals surface area contributed by atoms with Gasteiger partial charge in [0.05, 0.1) is 12.1 Å². The third-order valence-electron chi connectivity index (χ3n) is 7.20. The number of fused-ring (bicyclic) bond motifs is 3. The lowest BCUT2D eigenvalue weighted by atomic mass is 9.84. The predicted octanol–water partition coefficient (Wildman–Crippen LogP) is 2.85. The summed E-state index contributed by atoms with van der Waals surface area (Å²) in [6.45, 7) is 6.86. The van der Waals surface area contributed by atoms with Crippen LogP contribution in [0.2, 0.25) is 0 Å². The molecule has 3 atom stereocenters. The Hall–Kier alpha value is -2.38. The predicted molar refractivity (Wildman–Crippen MR) is 116 cm³/mol.